The van der Waals surface area contributed by atoms with E-state index < -0.39 is 17.6 Å². The Kier molecular flexibility index (Phi) is 8.02. The fraction of sp³-hybridized carbons (Fsp3) is 0.238. The fourth-order valence-electron chi connectivity index (χ4n) is 2.23. The molecule has 0 radical (unpaired) electrons. The van der Waals surface area contributed by atoms with E-state index in [1.54, 1.807) is 24.3 Å². The summed E-state index contributed by atoms with van der Waals surface area (Å²) in [5.41, 5.74) is 5.51. The molecular formula is C21H23FN2O4. The van der Waals surface area contributed by atoms with Crippen LogP contribution in [0.5, 0.6) is 11.5 Å². The molecule has 0 saturated heterocycles. The molecule has 0 aromatic heterocycles. The quantitative estimate of drug-likeness (QED) is 0.538. The highest BCUT2D eigenvalue weighted by Gasteiger charge is 2.07. The van der Waals surface area contributed by atoms with E-state index in [9.17, 15) is 14.0 Å². The van der Waals surface area contributed by atoms with E-state index >= 15 is 0 Å². The number of halogens is 1. The summed E-state index contributed by atoms with van der Waals surface area (Å²) in [6.07, 6.45) is 3.76. The molecule has 2 N–H and O–H groups in total. The molecule has 0 spiro atoms. The number of nitrogens with one attached hydrogen (secondary N) is 2. The minimum Gasteiger partial charge on any atom is -0.490 e. The van der Waals surface area contributed by atoms with Crippen molar-refractivity contribution in [2.45, 2.75) is 20.3 Å². The maximum Gasteiger partial charge on any atom is 0.269 e. The van der Waals surface area contributed by atoms with Crippen LogP contribution in [-0.2, 0) is 4.79 Å². The summed E-state index contributed by atoms with van der Waals surface area (Å²) < 4.78 is 24.1. The number of hydrogen-bond acceptors (Lipinski definition) is 4. The molecule has 2 rings (SSSR count). The van der Waals surface area contributed by atoms with Gasteiger partial charge >= 0.3 is 0 Å². The van der Waals surface area contributed by atoms with Crippen molar-refractivity contribution >= 4 is 17.9 Å². The number of carbonyl (C=O) groups excluding carboxylic acids is 2. The molecule has 148 valence electrons. The molecule has 0 unspecified atom stereocenters. The maximum atomic E-state index is 12.9. The zero-order valence-corrected chi connectivity index (χ0v) is 15.8. The monoisotopic (exact) mass is 386 g/mol. The van der Waals surface area contributed by atoms with Gasteiger partial charge in [-0.2, -0.15) is 0 Å². The lowest BCUT2D eigenvalue weighted by molar-refractivity contribution is -0.117. The third-order valence-corrected chi connectivity index (χ3v) is 3.56. The normalized spacial score (nSPS) is 10.5. The summed E-state index contributed by atoms with van der Waals surface area (Å²) in [7, 11) is 0. The number of carbonyl (C=O) groups is 2. The van der Waals surface area contributed by atoms with E-state index in [1.807, 2.05) is 13.8 Å². The van der Waals surface area contributed by atoms with E-state index in [0.29, 0.717) is 24.7 Å². The highest BCUT2D eigenvalue weighted by atomic mass is 19.1. The predicted octanol–water partition coefficient (Wildman–Crippen LogP) is 3.49. The molecule has 0 aliphatic carbocycles. The van der Waals surface area contributed by atoms with Gasteiger partial charge in [0, 0.05) is 11.6 Å². The second-order valence-corrected chi connectivity index (χ2v) is 5.77. The molecule has 0 heterocycles. The van der Waals surface area contributed by atoms with Crippen molar-refractivity contribution < 1.29 is 23.5 Å². The zero-order valence-electron chi connectivity index (χ0n) is 15.8. The van der Waals surface area contributed by atoms with Gasteiger partial charge in [-0.1, -0.05) is 13.0 Å². The topological polar surface area (TPSA) is 76.7 Å². The number of benzene rings is 2. The van der Waals surface area contributed by atoms with Gasteiger partial charge in [-0.15, -0.1) is 0 Å². The molecule has 7 heteroatoms. The van der Waals surface area contributed by atoms with Crippen molar-refractivity contribution in [3.8, 4) is 11.5 Å². The fourth-order valence-corrected chi connectivity index (χ4v) is 2.23. The minimum atomic E-state index is -0.544. The van der Waals surface area contributed by atoms with Crippen LogP contribution in [0.15, 0.2) is 48.5 Å². The van der Waals surface area contributed by atoms with Crippen LogP contribution in [0.4, 0.5) is 4.39 Å². The molecule has 2 aromatic carbocycles. The Morgan fingerprint density at radius 2 is 1.75 bits per heavy atom. The van der Waals surface area contributed by atoms with Crippen LogP contribution in [0.2, 0.25) is 0 Å². The molecule has 0 atom stereocenters. The Labute approximate surface area is 163 Å². The average Bonchev–Trinajstić information content (AvgIpc) is 2.70. The van der Waals surface area contributed by atoms with Gasteiger partial charge in [-0.05, 0) is 61.4 Å². The van der Waals surface area contributed by atoms with E-state index in [0.717, 1.165) is 12.0 Å². The lowest BCUT2D eigenvalue weighted by Gasteiger charge is -2.12. The largest absolute Gasteiger partial charge is 0.490 e. The Balaban J connectivity index is 1.94. The molecule has 2 aromatic rings. The first kappa shape index (κ1) is 21.0. The second kappa shape index (κ2) is 10.7. The van der Waals surface area contributed by atoms with Crippen molar-refractivity contribution in [3.05, 3.63) is 65.5 Å². The Bertz CT molecular complexity index is 835. The molecule has 0 bridgehead atoms. The SMILES string of the molecule is CCCOc1ccc(/C=C/C(=O)NNC(=O)c2ccc(F)cc2)cc1OCC. The molecule has 6 nitrogen and oxygen atoms in total. The summed E-state index contributed by atoms with van der Waals surface area (Å²) in [4.78, 5) is 23.8. The van der Waals surface area contributed by atoms with Gasteiger partial charge < -0.3 is 9.47 Å². The molecule has 0 aliphatic rings. The lowest BCUT2D eigenvalue weighted by atomic mass is 10.2. The maximum absolute atomic E-state index is 12.9. The van der Waals surface area contributed by atoms with Gasteiger partial charge in [-0.25, -0.2) is 4.39 Å². The first-order valence-electron chi connectivity index (χ1n) is 8.97. The van der Waals surface area contributed by atoms with Gasteiger partial charge in [0.05, 0.1) is 13.2 Å². The third-order valence-electron chi connectivity index (χ3n) is 3.56. The van der Waals surface area contributed by atoms with E-state index in [4.69, 9.17) is 9.47 Å². The summed E-state index contributed by atoms with van der Waals surface area (Å²) in [5, 5.41) is 0. The standard InChI is InChI=1S/C21H23FN2O4/c1-3-13-28-18-11-5-15(14-19(18)27-4-2)6-12-20(25)23-24-21(26)16-7-9-17(22)10-8-16/h5-12,14H,3-4,13H2,1-2H3,(H,23,25)(H,24,26)/b12-6+. The summed E-state index contributed by atoms with van der Waals surface area (Å²) in [6.45, 7) is 4.98. The highest BCUT2D eigenvalue weighted by Crippen LogP contribution is 2.29. The van der Waals surface area contributed by atoms with Crippen LogP contribution in [0.3, 0.4) is 0 Å². The number of rotatable bonds is 8. The lowest BCUT2D eigenvalue weighted by Crippen LogP contribution is -2.40. The van der Waals surface area contributed by atoms with Crippen LogP contribution in [-0.4, -0.2) is 25.0 Å². The highest BCUT2D eigenvalue weighted by molar-refractivity contribution is 5.97. The predicted molar refractivity (Wildman–Crippen MR) is 104 cm³/mol. The zero-order chi connectivity index (χ0) is 20.4. The molecular weight excluding hydrogens is 363 g/mol. The number of hydrazine groups is 1. The summed E-state index contributed by atoms with van der Waals surface area (Å²) in [5.74, 6) is -0.251. The summed E-state index contributed by atoms with van der Waals surface area (Å²) in [6, 6.07) is 10.3. The van der Waals surface area contributed by atoms with Crippen molar-refractivity contribution in [3.63, 3.8) is 0 Å². The minimum absolute atomic E-state index is 0.231. The number of hydrogen-bond donors (Lipinski definition) is 2. The van der Waals surface area contributed by atoms with Gasteiger partial charge in [-0.3, -0.25) is 20.4 Å². The Morgan fingerprint density at radius 3 is 2.43 bits per heavy atom. The van der Waals surface area contributed by atoms with Crippen LogP contribution in [0.1, 0.15) is 36.2 Å². The van der Waals surface area contributed by atoms with Crippen molar-refractivity contribution in [2.75, 3.05) is 13.2 Å². The Morgan fingerprint density at radius 1 is 1.00 bits per heavy atom. The third kappa shape index (κ3) is 6.42. The first-order valence-corrected chi connectivity index (χ1v) is 8.97. The second-order valence-electron chi connectivity index (χ2n) is 5.77. The van der Waals surface area contributed by atoms with Gasteiger partial charge in [0.1, 0.15) is 5.82 Å². The van der Waals surface area contributed by atoms with Crippen LogP contribution in [0.25, 0.3) is 6.08 Å². The van der Waals surface area contributed by atoms with E-state index in [-0.39, 0.29) is 5.56 Å². The van der Waals surface area contributed by atoms with Crippen LogP contribution < -0.4 is 20.3 Å². The van der Waals surface area contributed by atoms with Gasteiger partial charge in [0.2, 0.25) is 0 Å². The van der Waals surface area contributed by atoms with E-state index in [2.05, 4.69) is 10.9 Å². The smallest absolute Gasteiger partial charge is 0.269 e. The van der Waals surface area contributed by atoms with Crippen molar-refractivity contribution in [1.82, 2.24) is 10.9 Å². The van der Waals surface area contributed by atoms with Gasteiger partial charge in [0.15, 0.2) is 11.5 Å². The molecule has 0 fully saturated rings. The number of ether oxygens (including phenoxy) is 2. The molecule has 0 saturated carbocycles. The average molecular weight is 386 g/mol. The van der Waals surface area contributed by atoms with E-state index in [1.165, 1.54) is 30.3 Å². The van der Waals surface area contributed by atoms with Gasteiger partial charge in [0.25, 0.3) is 11.8 Å². The molecule has 2 amide bonds. The first-order chi connectivity index (χ1) is 13.5. The van der Waals surface area contributed by atoms with Crippen molar-refractivity contribution in [1.29, 1.82) is 0 Å². The van der Waals surface area contributed by atoms with Crippen molar-refractivity contribution in [2.24, 2.45) is 0 Å². The molecule has 0 aliphatic heterocycles. The van der Waals surface area contributed by atoms with Crippen LogP contribution >= 0.6 is 0 Å². The molecule has 28 heavy (non-hydrogen) atoms. The number of amides is 2. The van der Waals surface area contributed by atoms with Crippen LogP contribution in [0, 0.1) is 5.82 Å². The summed E-state index contributed by atoms with van der Waals surface area (Å²) >= 11 is 0. The Hall–Kier alpha value is -3.35.